The Labute approximate surface area is 168 Å². The van der Waals surface area contributed by atoms with E-state index in [1.807, 2.05) is 19.6 Å². The number of rotatable bonds is 8. The molecule has 0 saturated heterocycles. The van der Waals surface area contributed by atoms with Gasteiger partial charge in [0.25, 0.3) is 0 Å². The summed E-state index contributed by atoms with van der Waals surface area (Å²) in [7, 11) is -4.68. The van der Waals surface area contributed by atoms with Crippen molar-refractivity contribution in [3.8, 4) is 22.8 Å². The monoisotopic (exact) mass is 481 g/mol. The quantitative estimate of drug-likeness (QED) is 0.294. The van der Waals surface area contributed by atoms with Gasteiger partial charge in [0.15, 0.2) is 17.3 Å². The van der Waals surface area contributed by atoms with Gasteiger partial charge in [-0.1, -0.05) is 27.5 Å². The molecule has 0 aliphatic rings. The maximum Gasteiger partial charge on any atom is 0.242 e. The summed E-state index contributed by atoms with van der Waals surface area (Å²) in [4.78, 5) is -0.330. The fourth-order valence-corrected chi connectivity index (χ4v) is 4.02. The van der Waals surface area contributed by atoms with Gasteiger partial charge in [0, 0.05) is 17.1 Å². The van der Waals surface area contributed by atoms with Crippen molar-refractivity contribution in [3.05, 3.63) is 35.0 Å². The Morgan fingerprint density at radius 1 is 1.31 bits per heavy atom. The number of thiol groups is 1. The number of halogens is 2. The third kappa shape index (κ3) is 5.75. The number of hydrogen-bond acceptors (Lipinski definition) is 5. The molecular formula is C16H21BrClNO5SSi. The van der Waals surface area contributed by atoms with Gasteiger partial charge < -0.3 is 13.9 Å². The highest BCUT2D eigenvalue weighted by atomic mass is 79.9. The molecule has 0 amide bonds. The van der Waals surface area contributed by atoms with Crippen molar-refractivity contribution in [2.45, 2.75) is 30.9 Å². The summed E-state index contributed by atoms with van der Waals surface area (Å²) in [5, 5.41) is 11.3. The number of hydrogen-bond donors (Lipinski definition) is 3. The second-order valence-electron chi connectivity index (χ2n) is 6.62. The van der Waals surface area contributed by atoms with Crippen LogP contribution in [0.4, 0.5) is 0 Å². The summed E-state index contributed by atoms with van der Waals surface area (Å²) in [5.41, 5.74) is 0.666. The fraction of sp³-hybridized carbons (Fsp3) is 0.375. The number of alkyl halides is 1. The summed E-state index contributed by atoms with van der Waals surface area (Å²) in [6, 6.07) is 6.90. The molecule has 0 bridgehead atoms. The number of nitrogens with one attached hydrogen (secondary N) is 1. The van der Waals surface area contributed by atoms with Crippen molar-refractivity contribution in [2.24, 2.45) is 0 Å². The first-order valence-electron chi connectivity index (χ1n) is 7.91. The highest BCUT2D eigenvalue weighted by Gasteiger charge is 2.30. The lowest BCUT2D eigenvalue weighted by Crippen LogP contribution is -2.29. The van der Waals surface area contributed by atoms with E-state index in [2.05, 4.69) is 20.7 Å². The predicted octanol–water partition coefficient (Wildman–Crippen LogP) is 4.46. The van der Waals surface area contributed by atoms with Crippen LogP contribution in [-0.4, -0.2) is 28.4 Å². The minimum Gasteiger partial charge on any atom is -0.539 e. The molecule has 2 rings (SSSR count). The van der Waals surface area contributed by atoms with Crippen molar-refractivity contribution >= 4 is 46.7 Å². The zero-order chi connectivity index (χ0) is 19.5. The zero-order valence-corrected chi connectivity index (χ0v) is 18.8. The lowest BCUT2D eigenvalue weighted by Gasteiger charge is -2.20. The zero-order valence-electron chi connectivity index (χ0n) is 14.6. The van der Waals surface area contributed by atoms with Crippen molar-refractivity contribution in [1.82, 2.24) is 4.72 Å². The molecule has 0 aliphatic heterocycles. The molecule has 0 radical (unpaired) electrons. The maximum absolute atomic E-state index is 10.7. The second-order valence-corrected chi connectivity index (χ2v) is 13.4. The molecule has 6 nitrogen and oxygen atoms in total. The second kappa shape index (κ2) is 8.79. The van der Waals surface area contributed by atoms with Gasteiger partial charge in [-0.25, -0.2) is 13.1 Å². The van der Waals surface area contributed by atoms with E-state index in [9.17, 15) is 13.5 Å². The van der Waals surface area contributed by atoms with E-state index in [1.54, 1.807) is 24.3 Å². The van der Waals surface area contributed by atoms with E-state index in [0.29, 0.717) is 28.5 Å². The smallest absolute Gasteiger partial charge is 0.242 e. The Kier molecular flexibility index (Phi) is 7.20. The summed E-state index contributed by atoms with van der Waals surface area (Å²) < 4.78 is 35.6. The Morgan fingerprint density at radius 3 is 2.46 bits per heavy atom. The SMILES string of the molecule is C[Si](C)(C)Oc1c(C(Br)CCN[SH](=O)=O)oc(-c2ccc(Cl)cc2)c1O. The highest BCUT2D eigenvalue weighted by molar-refractivity contribution is 9.09. The third-order valence-corrected chi connectivity index (χ3v) is 5.73. The Morgan fingerprint density at radius 2 is 1.92 bits per heavy atom. The first-order chi connectivity index (χ1) is 12.1. The number of furan rings is 1. The van der Waals surface area contributed by atoms with Gasteiger partial charge in [0.1, 0.15) is 0 Å². The van der Waals surface area contributed by atoms with Gasteiger partial charge >= 0.3 is 0 Å². The predicted molar refractivity (Wildman–Crippen MR) is 109 cm³/mol. The lowest BCUT2D eigenvalue weighted by atomic mass is 10.1. The molecule has 2 aromatic rings. The molecule has 2 N–H and O–H groups in total. The lowest BCUT2D eigenvalue weighted by molar-refractivity contribution is 0.438. The Balaban J connectivity index is 2.41. The summed E-state index contributed by atoms with van der Waals surface area (Å²) in [6.45, 7) is 6.23. The minimum absolute atomic E-state index is 0.0722. The number of aromatic hydroxyl groups is 1. The molecule has 0 fully saturated rings. The topological polar surface area (TPSA) is 88.8 Å². The molecule has 0 aliphatic carbocycles. The van der Waals surface area contributed by atoms with E-state index < -0.39 is 19.2 Å². The van der Waals surface area contributed by atoms with Gasteiger partial charge in [0.05, 0.1) is 4.83 Å². The molecule has 1 atom stereocenters. The van der Waals surface area contributed by atoms with Gasteiger partial charge in [-0.15, -0.1) is 0 Å². The third-order valence-electron chi connectivity index (χ3n) is 3.30. The average Bonchev–Trinajstić information content (AvgIpc) is 2.83. The van der Waals surface area contributed by atoms with Crippen molar-refractivity contribution in [1.29, 1.82) is 0 Å². The fourth-order valence-electron chi connectivity index (χ4n) is 2.25. The van der Waals surface area contributed by atoms with E-state index >= 15 is 0 Å². The van der Waals surface area contributed by atoms with Gasteiger partial charge in [-0.2, -0.15) is 0 Å². The molecule has 1 unspecified atom stereocenters. The van der Waals surface area contributed by atoms with E-state index in [0.717, 1.165) is 0 Å². The molecule has 144 valence electrons. The van der Waals surface area contributed by atoms with Gasteiger partial charge in [-0.3, -0.25) is 0 Å². The molecule has 26 heavy (non-hydrogen) atoms. The van der Waals surface area contributed by atoms with E-state index in [-0.39, 0.29) is 22.9 Å². The van der Waals surface area contributed by atoms with E-state index in [4.69, 9.17) is 20.4 Å². The van der Waals surface area contributed by atoms with Crippen LogP contribution < -0.4 is 9.15 Å². The van der Waals surface area contributed by atoms with Gasteiger partial charge in [-0.05, 0) is 50.3 Å². The first-order valence-corrected chi connectivity index (χ1v) is 13.8. The van der Waals surface area contributed by atoms with Crippen LogP contribution >= 0.6 is 27.5 Å². The standard InChI is InChI=1S/C16H21BrClNO5SSi/c1-26(2,3)24-16-13(20)14(10-4-6-11(18)7-5-10)23-15(16)12(17)8-9-19-25(21)22/h4-7,12,20,25H,8-9H2,1-3H3,(H,19,21,22). The molecule has 1 aromatic carbocycles. The van der Waals surface area contributed by atoms with Crippen LogP contribution in [0.15, 0.2) is 28.7 Å². The highest BCUT2D eigenvalue weighted by Crippen LogP contribution is 2.48. The Hall–Kier alpha value is -1.00. The largest absolute Gasteiger partial charge is 0.539 e. The molecule has 0 spiro atoms. The molecule has 1 heterocycles. The van der Waals surface area contributed by atoms with E-state index in [1.165, 1.54) is 0 Å². The Bertz CT molecular complexity index is 824. The number of benzene rings is 1. The first kappa shape index (κ1) is 21.3. The summed E-state index contributed by atoms with van der Waals surface area (Å²) >= 11 is 9.42. The van der Waals surface area contributed by atoms with Crippen molar-refractivity contribution < 1.29 is 22.4 Å². The average molecular weight is 483 g/mol. The van der Waals surface area contributed by atoms with Crippen LogP contribution in [0.25, 0.3) is 11.3 Å². The molecule has 0 saturated carbocycles. The van der Waals surface area contributed by atoms with Crippen LogP contribution in [0.5, 0.6) is 11.5 Å². The maximum atomic E-state index is 10.7. The molecule has 10 heteroatoms. The van der Waals surface area contributed by atoms with Crippen LogP contribution in [0, 0.1) is 0 Å². The van der Waals surface area contributed by atoms with Gasteiger partial charge in [0.2, 0.25) is 25.0 Å². The molecule has 1 aromatic heterocycles. The van der Waals surface area contributed by atoms with Crippen molar-refractivity contribution in [2.75, 3.05) is 6.54 Å². The van der Waals surface area contributed by atoms with Crippen LogP contribution in [-0.2, 0) is 10.9 Å². The van der Waals surface area contributed by atoms with Crippen LogP contribution in [0.3, 0.4) is 0 Å². The van der Waals surface area contributed by atoms with Crippen molar-refractivity contribution in [3.63, 3.8) is 0 Å². The summed E-state index contributed by atoms with van der Waals surface area (Å²) in [6.07, 6.45) is 0.429. The van der Waals surface area contributed by atoms with Crippen LogP contribution in [0.1, 0.15) is 17.0 Å². The van der Waals surface area contributed by atoms with Crippen LogP contribution in [0.2, 0.25) is 24.7 Å². The molecular weight excluding hydrogens is 462 g/mol. The minimum atomic E-state index is -2.66. The summed E-state index contributed by atoms with van der Waals surface area (Å²) in [5.74, 6) is 0.939. The normalized spacial score (nSPS) is 13.2.